The van der Waals surface area contributed by atoms with Gasteiger partial charge >= 0.3 is 0 Å². The maximum atomic E-state index is 5.95. The zero-order valence-electron chi connectivity index (χ0n) is 12.8. The number of nitrogens with zero attached hydrogens (tertiary/aromatic N) is 3. The minimum atomic E-state index is -0.505. The van der Waals surface area contributed by atoms with Gasteiger partial charge < -0.3 is 10.5 Å². The normalized spacial score (nSPS) is 11.6. The van der Waals surface area contributed by atoms with Crippen molar-refractivity contribution in [3.05, 3.63) is 36.2 Å². The SMILES string of the molecule is CCOC(CC)(CC)c1nc(N)nc(-c2ccccc2)n1. The van der Waals surface area contributed by atoms with Crippen LogP contribution in [0.4, 0.5) is 5.95 Å². The Labute approximate surface area is 125 Å². The lowest BCUT2D eigenvalue weighted by molar-refractivity contribution is -0.0571. The third-order valence-electron chi connectivity index (χ3n) is 3.66. The van der Waals surface area contributed by atoms with Crippen molar-refractivity contribution in [3.63, 3.8) is 0 Å². The number of ether oxygens (including phenoxy) is 1. The van der Waals surface area contributed by atoms with Crippen molar-refractivity contribution < 1.29 is 4.74 Å². The Hall–Kier alpha value is -2.01. The summed E-state index contributed by atoms with van der Waals surface area (Å²) in [5.74, 6) is 1.43. The highest BCUT2D eigenvalue weighted by molar-refractivity contribution is 5.55. The van der Waals surface area contributed by atoms with Gasteiger partial charge in [-0.2, -0.15) is 9.97 Å². The van der Waals surface area contributed by atoms with Crippen LogP contribution in [0.5, 0.6) is 0 Å². The molecule has 0 atom stereocenters. The first-order valence-electron chi connectivity index (χ1n) is 7.36. The van der Waals surface area contributed by atoms with Crippen molar-refractivity contribution in [1.29, 1.82) is 0 Å². The summed E-state index contributed by atoms with van der Waals surface area (Å²) in [5.41, 5.74) is 6.30. The molecule has 0 aliphatic carbocycles. The average molecular weight is 286 g/mol. The Morgan fingerprint density at radius 2 is 1.67 bits per heavy atom. The molecule has 5 nitrogen and oxygen atoms in total. The largest absolute Gasteiger partial charge is 0.368 e. The molecule has 5 heteroatoms. The molecule has 0 unspecified atom stereocenters. The number of hydrogen-bond donors (Lipinski definition) is 1. The third kappa shape index (κ3) is 3.19. The fraction of sp³-hybridized carbons (Fsp3) is 0.438. The lowest BCUT2D eigenvalue weighted by atomic mass is 9.96. The molecule has 1 aromatic carbocycles. The number of rotatable bonds is 6. The molecule has 112 valence electrons. The minimum absolute atomic E-state index is 0.227. The van der Waals surface area contributed by atoms with E-state index in [2.05, 4.69) is 28.8 Å². The Balaban J connectivity index is 2.52. The highest BCUT2D eigenvalue weighted by atomic mass is 16.5. The van der Waals surface area contributed by atoms with Crippen LogP contribution in [0, 0.1) is 0 Å². The smallest absolute Gasteiger partial charge is 0.223 e. The van der Waals surface area contributed by atoms with Gasteiger partial charge in [-0.25, -0.2) is 4.98 Å². The lowest BCUT2D eigenvalue weighted by Gasteiger charge is -2.30. The molecule has 0 aliphatic heterocycles. The van der Waals surface area contributed by atoms with Crippen molar-refractivity contribution in [2.45, 2.75) is 39.2 Å². The molecule has 0 radical (unpaired) electrons. The van der Waals surface area contributed by atoms with Crippen LogP contribution in [-0.2, 0) is 10.3 Å². The second-order valence-electron chi connectivity index (χ2n) is 4.84. The van der Waals surface area contributed by atoms with Crippen molar-refractivity contribution in [2.24, 2.45) is 0 Å². The molecular weight excluding hydrogens is 264 g/mol. The monoisotopic (exact) mass is 286 g/mol. The van der Waals surface area contributed by atoms with Crippen LogP contribution in [0.25, 0.3) is 11.4 Å². The molecule has 0 aliphatic rings. The molecule has 2 aromatic rings. The van der Waals surface area contributed by atoms with Crippen LogP contribution in [0.2, 0.25) is 0 Å². The van der Waals surface area contributed by atoms with E-state index in [1.807, 2.05) is 37.3 Å². The van der Waals surface area contributed by atoms with Crippen LogP contribution >= 0.6 is 0 Å². The van der Waals surface area contributed by atoms with E-state index in [-0.39, 0.29) is 5.95 Å². The number of nitrogens with two attached hydrogens (primary N) is 1. The minimum Gasteiger partial charge on any atom is -0.368 e. The number of aromatic nitrogens is 3. The summed E-state index contributed by atoms with van der Waals surface area (Å²) in [7, 11) is 0. The van der Waals surface area contributed by atoms with E-state index in [0.717, 1.165) is 18.4 Å². The van der Waals surface area contributed by atoms with E-state index < -0.39 is 5.60 Å². The van der Waals surface area contributed by atoms with E-state index in [0.29, 0.717) is 18.3 Å². The topological polar surface area (TPSA) is 73.9 Å². The van der Waals surface area contributed by atoms with Gasteiger partial charge in [0.15, 0.2) is 11.6 Å². The van der Waals surface area contributed by atoms with Gasteiger partial charge in [-0.05, 0) is 19.8 Å². The molecule has 0 saturated carbocycles. The van der Waals surface area contributed by atoms with Crippen molar-refractivity contribution in [1.82, 2.24) is 15.0 Å². The highest BCUT2D eigenvalue weighted by Gasteiger charge is 2.33. The molecule has 0 spiro atoms. The summed E-state index contributed by atoms with van der Waals surface area (Å²) < 4.78 is 5.95. The second kappa shape index (κ2) is 6.63. The number of benzene rings is 1. The summed E-state index contributed by atoms with van der Waals surface area (Å²) in [4.78, 5) is 13.2. The van der Waals surface area contributed by atoms with Crippen LogP contribution in [0.3, 0.4) is 0 Å². The maximum Gasteiger partial charge on any atom is 0.223 e. The fourth-order valence-corrected chi connectivity index (χ4v) is 2.42. The molecule has 2 N–H and O–H groups in total. The molecular formula is C16H22N4O. The van der Waals surface area contributed by atoms with E-state index in [1.165, 1.54) is 0 Å². The van der Waals surface area contributed by atoms with Crippen molar-refractivity contribution in [3.8, 4) is 11.4 Å². The third-order valence-corrected chi connectivity index (χ3v) is 3.66. The van der Waals surface area contributed by atoms with E-state index in [1.54, 1.807) is 0 Å². The first-order valence-corrected chi connectivity index (χ1v) is 7.36. The lowest BCUT2D eigenvalue weighted by Crippen LogP contribution is -2.31. The zero-order valence-corrected chi connectivity index (χ0v) is 12.8. The van der Waals surface area contributed by atoms with Crippen molar-refractivity contribution in [2.75, 3.05) is 12.3 Å². The van der Waals surface area contributed by atoms with Gasteiger partial charge in [-0.15, -0.1) is 0 Å². The van der Waals surface area contributed by atoms with Crippen molar-refractivity contribution >= 4 is 5.95 Å². The van der Waals surface area contributed by atoms with Gasteiger partial charge in [0.1, 0.15) is 5.60 Å². The van der Waals surface area contributed by atoms with Gasteiger partial charge in [0.05, 0.1) is 0 Å². The van der Waals surface area contributed by atoms with Gasteiger partial charge in [0.2, 0.25) is 5.95 Å². The van der Waals surface area contributed by atoms with E-state index in [4.69, 9.17) is 10.5 Å². The van der Waals surface area contributed by atoms with Crippen LogP contribution < -0.4 is 5.73 Å². The van der Waals surface area contributed by atoms with Crippen LogP contribution in [-0.4, -0.2) is 21.6 Å². The summed E-state index contributed by atoms with van der Waals surface area (Å²) in [5, 5.41) is 0. The van der Waals surface area contributed by atoms with Crippen LogP contribution in [0.15, 0.2) is 30.3 Å². The predicted octanol–water partition coefficient (Wildman–Crippen LogP) is 3.17. The Morgan fingerprint density at radius 1 is 1.00 bits per heavy atom. The first-order chi connectivity index (χ1) is 10.1. The molecule has 0 amide bonds. The standard InChI is InChI=1S/C16H22N4O/c1-4-16(5-2,21-6-3)14-18-13(19-15(17)20-14)12-10-8-7-9-11-12/h7-11H,4-6H2,1-3H3,(H2,17,18,19,20). The zero-order chi connectivity index (χ0) is 15.3. The molecule has 21 heavy (non-hydrogen) atoms. The number of nitrogen functional groups attached to an aromatic ring is 1. The van der Waals surface area contributed by atoms with Gasteiger partial charge in [-0.1, -0.05) is 44.2 Å². The summed E-state index contributed by atoms with van der Waals surface area (Å²) in [6.45, 7) is 6.72. The quantitative estimate of drug-likeness (QED) is 0.882. The summed E-state index contributed by atoms with van der Waals surface area (Å²) in [6, 6.07) is 9.77. The second-order valence-corrected chi connectivity index (χ2v) is 4.84. The van der Waals surface area contributed by atoms with Gasteiger partial charge in [0, 0.05) is 12.2 Å². The number of anilines is 1. The number of hydrogen-bond acceptors (Lipinski definition) is 5. The Morgan fingerprint density at radius 3 is 2.24 bits per heavy atom. The molecule has 0 fully saturated rings. The maximum absolute atomic E-state index is 5.95. The molecule has 1 aromatic heterocycles. The Bertz CT molecular complexity index is 582. The highest BCUT2D eigenvalue weighted by Crippen LogP contribution is 2.31. The fourth-order valence-electron chi connectivity index (χ4n) is 2.42. The molecule has 0 bridgehead atoms. The molecule has 2 rings (SSSR count). The van der Waals surface area contributed by atoms with E-state index >= 15 is 0 Å². The van der Waals surface area contributed by atoms with Gasteiger partial charge in [-0.3, -0.25) is 0 Å². The molecule has 0 saturated heterocycles. The summed E-state index contributed by atoms with van der Waals surface area (Å²) in [6.07, 6.45) is 1.57. The summed E-state index contributed by atoms with van der Waals surface area (Å²) >= 11 is 0. The van der Waals surface area contributed by atoms with Gasteiger partial charge in [0.25, 0.3) is 0 Å². The van der Waals surface area contributed by atoms with E-state index in [9.17, 15) is 0 Å². The Kier molecular flexibility index (Phi) is 4.85. The average Bonchev–Trinajstić information content (AvgIpc) is 2.53. The predicted molar refractivity (Wildman–Crippen MR) is 83.6 cm³/mol. The van der Waals surface area contributed by atoms with Crippen LogP contribution in [0.1, 0.15) is 39.4 Å². The molecule has 1 heterocycles. The first kappa shape index (κ1) is 15.4.